The van der Waals surface area contributed by atoms with Crippen molar-refractivity contribution in [2.45, 2.75) is 13.3 Å². The molecule has 0 radical (unpaired) electrons. The Morgan fingerprint density at radius 2 is 1.96 bits per heavy atom. The van der Waals surface area contributed by atoms with Crippen molar-refractivity contribution < 1.29 is 9.18 Å². The van der Waals surface area contributed by atoms with Gasteiger partial charge in [-0.15, -0.1) is 0 Å². The van der Waals surface area contributed by atoms with E-state index in [2.05, 4.69) is 15.5 Å². The standard InChI is InChI=1S/C18H16FN3O/c1-12-16(15-4-2-3-5-17(15)21-12)11-20-22-18(23)10-13-6-8-14(19)9-7-13/h2-9,11,21H,10H2,1H3,(H,22,23). The minimum absolute atomic E-state index is 0.157. The Morgan fingerprint density at radius 1 is 1.22 bits per heavy atom. The molecule has 116 valence electrons. The van der Waals surface area contributed by atoms with Gasteiger partial charge in [0.2, 0.25) is 5.91 Å². The molecule has 0 fully saturated rings. The van der Waals surface area contributed by atoms with Crippen LogP contribution < -0.4 is 5.43 Å². The number of fused-ring (bicyclic) bond motifs is 1. The first-order chi connectivity index (χ1) is 11.1. The third-order valence-corrected chi connectivity index (χ3v) is 3.60. The maximum atomic E-state index is 12.8. The lowest BCUT2D eigenvalue weighted by Gasteiger charge is -2.00. The fraction of sp³-hybridized carbons (Fsp3) is 0.111. The molecule has 1 aromatic heterocycles. The third-order valence-electron chi connectivity index (χ3n) is 3.60. The Balaban J connectivity index is 1.67. The van der Waals surface area contributed by atoms with Crippen LogP contribution in [0.2, 0.25) is 0 Å². The highest BCUT2D eigenvalue weighted by Gasteiger charge is 2.06. The van der Waals surface area contributed by atoms with E-state index in [-0.39, 0.29) is 18.1 Å². The second-order valence-corrected chi connectivity index (χ2v) is 5.31. The van der Waals surface area contributed by atoms with Gasteiger partial charge < -0.3 is 4.98 Å². The maximum absolute atomic E-state index is 12.8. The summed E-state index contributed by atoms with van der Waals surface area (Å²) in [5.74, 6) is -0.563. The van der Waals surface area contributed by atoms with E-state index in [0.29, 0.717) is 0 Å². The number of carbonyl (C=O) groups excluding carboxylic acids is 1. The molecule has 1 amide bonds. The molecule has 0 atom stereocenters. The van der Waals surface area contributed by atoms with Gasteiger partial charge in [0.05, 0.1) is 12.6 Å². The SMILES string of the molecule is Cc1[nH]c2ccccc2c1C=NNC(=O)Cc1ccc(F)cc1. The number of hydrogen-bond acceptors (Lipinski definition) is 2. The van der Waals surface area contributed by atoms with Crippen LogP contribution in [0, 0.1) is 12.7 Å². The summed E-state index contributed by atoms with van der Waals surface area (Å²) in [6.45, 7) is 1.96. The zero-order chi connectivity index (χ0) is 16.2. The number of nitrogens with one attached hydrogen (secondary N) is 2. The first-order valence-corrected chi connectivity index (χ1v) is 7.27. The summed E-state index contributed by atoms with van der Waals surface area (Å²) in [6, 6.07) is 13.8. The number of aromatic amines is 1. The first kappa shape index (κ1) is 15.0. The summed E-state index contributed by atoms with van der Waals surface area (Å²) in [5, 5.41) is 5.08. The molecule has 0 saturated heterocycles. The Hall–Kier alpha value is -2.95. The molecule has 0 aliphatic heterocycles. The van der Waals surface area contributed by atoms with Crippen LogP contribution in [0.5, 0.6) is 0 Å². The second-order valence-electron chi connectivity index (χ2n) is 5.31. The summed E-state index contributed by atoms with van der Waals surface area (Å²) in [4.78, 5) is 15.1. The van der Waals surface area contributed by atoms with Crippen molar-refractivity contribution in [3.63, 3.8) is 0 Å². The average molecular weight is 309 g/mol. The Kier molecular flexibility index (Phi) is 4.19. The number of para-hydroxylation sites is 1. The van der Waals surface area contributed by atoms with Gasteiger partial charge in [-0.05, 0) is 30.7 Å². The molecular weight excluding hydrogens is 293 g/mol. The number of aryl methyl sites for hydroxylation is 1. The minimum Gasteiger partial charge on any atom is -0.358 e. The molecule has 4 nitrogen and oxygen atoms in total. The van der Waals surface area contributed by atoms with Crippen LogP contribution in [0.15, 0.2) is 53.6 Å². The molecule has 3 rings (SSSR count). The molecule has 23 heavy (non-hydrogen) atoms. The van der Waals surface area contributed by atoms with Gasteiger partial charge in [0.25, 0.3) is 0 Å². The molecular formula is C18H16FN3O. The lowest BCUT2D eigenvalue weighted by molar-refractivity contribution is -0.120. The molecule has 0 unspecified atom stereocenters. The summed E-state index contributed by atoms with van der Waals surface area (Å²) in [6.07, 6.45) is 1.79. The fourth-order valence-corrected chi connectivity index (χ4v) is 2.46. The number of carbonyl (C=O) groups is 1. The zero-order valence-corrected chi connectivity index (χ0v) is 12.6. The van der Waals surface area contributed by atoms with Gasteiger partial charge in [-0.3, -0.25) is 4.79 Å². The van der Waals surface area contributed by atoms with E-state index in [0.717, 1.165) is 27.7 Å². The van der Waals surface area contributed by atoms with Gasteiger partial charge in [-0.1, -0.05) is 30.3 Å². The third kappa shape index (κ3) is 3.45. The monoisotopic (exact) mass is 309 g/mol. The number of hydrazone groups is 1. The molecule has 3 aromatic rings. The molecule has 0 saturated carbocycles. The highest BCUT2D eigenvalue weighted by molar-refractivity contribution is 6.00. The van der Waals surface area contributed by atoms with Crippen molar-refractivity contribution in [1.29, 1.82) is 0 Å². The lowest BCUT2D eigenvalue weighted by atomic mass is 10.1. The number of hydrogen-bond donors (Lipinski definition) is 2. The van der Waals surface area contributed by atoms with E-state index in [1.54, 1.807) is 18.3 Å². The zero-order valence-electron chi connectivity index (χ0n) is 12.6. The van der Waals surface area contributed by atoms with Crippen molar-refractivity contribution in [3.8, 4) is 0 Å². The van der Waals surface area contributed by atoms with E-state index in [1.165, 1.54) is 12.1 Å². The van der Waals surface area contributed by atoms with E-state index < -0.39 is 0 Å². The predicted molar refractivity (Wildman–Crippen MR) is 88.9 cm³/mol. The van der Waals surface area contributed by atoms with Crippen LogP contribution in [0.1, 0.15) is 16.8 Å². The quantitative estimate of drug-likeness (QED) is 0.564. The van der Waals surface area contributed by atoms with Crippen LogP contribution in [-0.4, -0.2) is 17.1 Å². The van der Waals surface area contributed by atoms with Gasteiger partial charge in [0.1, 0.15) is 5.82 Å². The number of rotatable bonds is 4. The number of benzene rings is 2. The van der Waals surface area contributed by atoms with Crippen LogP contribution in [0.25, 0.3) is 10.9 Å². The van der Waals surface area contributed by atoms with Gasteiger partial charge >= 0.3 is 0 Å². The second kappa shape index (κ2) is 6.44. The summed E-state index contributed by atoms with van der Waals surface area (Å²) in [7, 11) is 0. The van der Waals surface area contributed by atoms with Crippen LogP contribution in [0.3, 0.4) is 0 Å². The van der Waals surface area contributed by atoms with Crippen LogP contribution >= 0.6 is 0 Å². The highest BCUT2D eigenvalue weighted by Crippen LogP contribution is 2.19. The summed E-state index contributed by atoms with van der Waals surface area (Å²) in [5.41, 5.74) is 6.20. The number of aromatic nitrogens is 1. The van der Waals surface area contributed by atoms with Gasteiger partial charge in [-0.25, -0.2) is 9.82 Å². The van der Waals surface area contributed by atoms with Gasteiger partial charge in [-0.2, -0.15) is 5.10 Å². The Bertz CT molecular complexity index is 866. The van der Waals surface area contributed by atoms with Crippen molar-refractivity contribution in [2.75, 3.05) is 0 Å². The van der Waals surface area contributed by atoms with E-state index in [9.17, 15) is 9.18 Å². The molecule has 0 bridgehead atoms. The minimum atomic E-state index is -0.318. The Labute approximate surface area is 133 Å². The van der Waals surface area contributed by atoms with Crippen molar-refractivity contribution in [3.05, 3.63) is 71.2 Å². The van der Waals surface area contributed by atoms with Crippen molar-refractivity contribution in [2.24, 2.45) is 5.10 Å². The van der Waals surface area contributed by atoms with Crippen molar-refractivity contribution >= 4 is 23.0 Å². The molecule has 2 N–H and O–H groups in total. The molecule has 5 heteroatoms. The average Bonchev–Trinajstić information content (AvgIpc) is 2.86. The summed E-state index contributed by atoms with van der Waals surface area (Å²) >= 11 is 0. The first-order valence-electron chi connectivity index (χ1n) is 7.27. The predicted octanol–water partition coefficient (Wildman–Crippen LogP) is 3.31. The smallest absolute Gasteiger partial charge is 0.244 e. The van der Waals surface area contributed by atoms with Gasteiger partial charge in [0, 0.05) is 22.2 Å². The normalized spacial score (nSPS) is 11.2. The molecule has 2 aromatic carbocycles. The van der Waals surface area contributed by atoms with Crippen LogP contribution in [0.4, 0.5) is 4.39 Å². The molecule has 0 spiro atoms. The van der Waals surface area contributed by atoms with Gasteiger partial charge in [0.15, 0.2) is 0 Å². The van der Waals surface area contributed by atoms with Crippen LogP contribution in [-0.2, 0) is 11.2 Å². The maximum Gasteiger partial charge on any atom is 0.244 e. The van der Waals surface area contributed by atoms with Crippen molar-refractivity contribution in [1.82, 2.24) is 10.4 Å². The number of H-pyrrole nitrogens is 1. The molecule has 0 aliphatic carbocycles. The van der Waals surface area contributed by atoms with E-state index >= 15 is 0 Å². The number of amides is 1. The molecule has 0 aliphatic rings. The largest absolute Gasteiger partial charge is 0.358 e. The number of nitrogens with zero attached hydrogens (tertiary/aromatic N) is 1. The van der Waals surface area contributed by atoms with E-state index in [4.69, 9.17) is 0 Å². The highest BCUT2D eigenvalue weighted by atomic mass is 19.1. The summed E-state index contributed by atoms with van der Waals surface area (Å²) < 4.78 is 12.8. The molecule has 1 heterocycles. The Morgan fingerprint density at radius 3 is 2.74 bits per heavy atom. The number of halogens is 1. The van der Waals surface area contributed by atoms with E-state index in [1.807, 2.05) is 31.2 Å². The fourth-order valence-electron chi connectivity index (χ4n) is 2.46. The topological polar surface area (TPSA) is 57.2 Å². The lowest BCUT2D eigenvalue weighted by Crippen LogP contribution is -2.19.